The fraction of sp³-hybridized carbons (Fsp3) is 0.462. The van der Waals surface area contributed by atoms with Gasteiger partial charge in [0, 0.05) is 12.2 Å². The molecule has 0 amide bonds. The van der Waals surface area contributed by atoms with Gasteiger partial charge in [-0.1, -0.05) is 25.5 Å². The summed E-state index contributed by atoms with van der Waals surface area (Å²) in [5.41, 5.74) is 7.73. The summed E-state index contributed by atoms with van der Waals surface area (Å²) in [6.07, 6.45) is 2.65. The van der Waals surface area contributed by atoms with Crippen LogP contribution in [-0.4, -0.2) is 23.7 Å². The largest absolute Gasteiger partial charge is 0.480 e. The first-order valence-electron chi connectivity index (χ1n) is 5.94. The Hall–Kier alpha value is -1.55. The third kappa shape index (κ3) is 4.87. The summed E-state index contributed by atoms with van der Waals surface area (Å²) in [5.74, 6) is -0.954. The summed E-state index contributed by atoms with van der Waals surface area (Å²) in [7, 11) is 0. The molecule has 1 unspecified atom stereocenters. The number of carboxylic acids is 1. The molecule has 94 valence electrons. The third-order valence-corrected chi connectivity index (χ3v) is 2.59. The predicted octanol–water partition coefficient (Wildman–Crippen LogP) is 1.85. The maximum Gasteiger partial charge on any atom is 0.320 e. The second-order valence-electron chi connectivity index (χ2n) is 4.11. The number of anilines is 1. The quantitative estimate of drug-likeness (QED) is 0.675. The zero-order chi connectivity index (χ0) is 12.7. The molecule has 0 heterocycles. The fourth-order valence-corrected chi connectivity index (χ4v) is 1.57. The molecular formula is C13H20N2O2. The number of aliphatic carboxylic acids is 1. The lowest BCUT2D eigenvalue weighted by Gasteiger charge is -2.09. The Morgan fingerprint density at radius 1 is 1.41 bits per heavy atom. The highest BCUT2D eigenvalue weighted by Gasteiger charge is 2.09. The number of rotatable bonds is 7. The number of carboxylic acid groups (broad SMARTS) is 1. The molecule has 0 spiro atoms. The van der Waals surface area contributed by atoms with Crippen LogP contribution in [0, 0.1) is 0 Å². The molecule has 1 atom stereocenters. The van der Waals surface area contributed by atoms with Gasteiger partial charge in [-0.2, -0.15) is 0 Å². The highest BCUT2D eigenvalue weighted by atomic mass is 16.4. The van der Waals surface area contributed by atoms with Crippen LogP contribution in [-0.2, 0) is 11.2 Å². The molecule has 0 saturated heterocycles. The van der Waals surface area contributed by atoms with Crippen molar-refractivity contribution < 1.29 is 9.90 Å². The van der Waals surface area contributed by atoms with E-state index in [0.717, 1.165) is 18.5 Å². The minimum absolute atomic E-state index is 0.423. The highest BCUT2D eigenvalue weighted by molar-refractivity contribution is 5.73. The van der Waals surface area contributed by atoms with Gasteiger partial charge in [0.15, 0.2) is 0 Å². The lowest BCUT2D eigenvalue weighted by Crippen LogP contribution is -2.32. The lowest BCUT2D eigenvalue weighted by atomic mass is 10.1. The Balaban J connectivity index is 2.34. The first-order valence-corrected chi connectivity index (χ1v) is 5.94. The lowest BCUT2D eigenvalue weighted by molar-refractivity contribution is -0.138. The maximum atomic E-state index is 10.5. The summed E-state index contributed by atoms with van der Waals surface area (Å²) in [6, 6.07) is 7.40. The Bertz CT molecular complexity index is 349. The van der Waals surface area contributed by atoms with Crippen molar-refractivity contribution in [1.29, 1.82) is 0 Å². The van der Waals surface area contributed by atoms with Gasteiger partial charge in [-0.25, -0.2) is 0 Å². The van der Waals surface area contributed by atoms with E-state index in [1.165, 1.54) is 5.56 Å². The van der Waals surface area contributed by atoms with Gasteiger partial charge in [0.2, 0.25) is 0 Å². The molecule has 1 aromatic carbocycles. The molecule has 1 rings (SSSR count). The van der Waals surface area contributed by atoms with Crippen LogP contribution in [0.5, 0.6) is 0 Å². The third-order valence-electron chi connectivity index (χ3n) is 2.59. The van der Waals surface area contributed by atoms with E-state index in [4.69, 9.17) is 10.8 Å². The molecule has 4 N–H and O–H groups in total. The van der Waals surface area contributed by atoms with Crippen LogP contribution in [0.15, 0.2) is 24.3 Å². The first kappa shape index (κ1) is 13.5. The van der Waals surface area contributed by atoms with E-state index in [9.17, 15) is 4.79 Å². The van der Waals surface area contributed by atoms with Crippen molar-refractivity contribution >= 4 is 11.7 Å². The summed E-state index contributed by atoms with van der Waals surface area (Å²) in [5, 5.41) is 11.8. The second kappa shape index (κ2) is 6.91. The first-order chi connectivity index (χ1) is 8.13. The Labute approximate surface area is 102 Å². The van der Waals surface area contributed by atoms with Gasteiger partial charge in [0.1, 0.15) is 6.04 Å². The molecule has 0 aromatic heterocycles. The molecule has 4 heteroatoms. The second-order valence-corrected chi connectivity index (χ2v) is 4.11. The minimum Gasteiger partial charge on any atom is -0.480 e. The van der Waals surface area contributed by atoms with Crippen LogP contribution in [0.3, 0.4) is 0 Å². The molecule has 0 saturated carbocycles. The van der Waals surface area contributed by atoms with E-state index in [-0.39, 0.29) is 0 Å². The van der Waals surface area contributed by atoms with Gasteiger partial charge >= 0.3 is 5.97 Å². The molecule has 0 fully saturated rings. The average Bonchev–Trinajstić information content (AvgIpc) is 2.31. The summed E-state index contributed by atoms with van der Waals surface area (Å²) in [4.78, 5) is 10.5. The Morgan fingerprint density at radius 2 is 2.06 bits per heavy atom. The van der Waals surface area contributed by atoms with Gasteiger partial charge in [0.25, 0.3) is 0 Å². The summed E-state index contributed by atoms with van der Waals surface area (Å²) < 4.78 is 0. The normalized spacial score (nSPS) is 12.1. The smallest absolute Gasteiger partial charge is 0.320 e. The van der Waals surface area contributed by atoms with Crippen LogP contribution in [0.25, 0.3) is 0 Å². The topological polar surface area (TPSA) is 75.3 Å². The number of hydrogen-bond acceptors (Lipinski definition) is 3. The molecule has 0 aliphatic heterocycles. The van der Waals surface area contributed by atoms with E-state index < -0.39 is 12.0 Å². The number of aryl methyl sites for hydroxylation is 1. The number of hydrogen-bond donors (Lipinski definition) is 3. The molecule has 0 radical (unpaired) electrons. The van der Waals surface area contributed by atoms with Crippen molar-refractivity contribution in [2.24, 2.45) is 5.73 Å². The molecule has 0 bridgehead atoms. The standard InChI is InChI=1S/C13H20N2O2/c1-2-3-10-4-6-11(7-5-10)15-9-8-12(14)13(16)17/h4-7,12,15H,2-3,8-9,14H2,1H3,(H,16,17). The Kier molecular flexibility index (Phi) is 5.49. The minimum atomic E-state index is -0.954. The van der Waals surface area contributed by atoms with Gasteiger partial charge in [-0.05, 0) is 30.5 Å². The van der Waals surface area contributed by atoms with Gasteiger partial charge in [-0.3, -0.25) is 4.79 Å². The van der Waals surface area contributed by atoms with Crippen molar-refractivity contribution in [3.8, 4) is 0 Å². The molecule has 17 heavy (non-hydrogen) atoms. The predicted molar refractivity (Wildman–Crippen MR) is 69.2 cm³/mol. The number of nitrogens with two attached hydrogens (primary N) is 1. The van der Waals surface area contributed by atoms with Gasteiger partial charge in [0.05, 0.1) is 0 Å². The number of nitrogens with one attached hydrogen (secondary N) is 1. The molecule has 0 aliphatic rings. The van der Waals surface area contributed by atoms with E-state index in [0.29, 0.717) is 13.0 Å². The molecule has 4 nitrogen and oxygen atoms in total. The monoisotopic (exact) mass is 236 g/mol. The zero-order valence-electron chi connectivity index (χ0n) is 10.1. The van der Waals surface area contributed by atoms with Crippen LogP contribution in [0.1, 0.15) is 25.3 Å². The van der Waals surface area contributed by atoms with Crippen LogP contribution < -0.4 is 11.1 Å². The van der Waals surface area contributed by atoms with Crippen LogP contribution >= 0.6 is 0 Å². The van der Waals surface area contributed by atoms with Crippen molar-refractivity contribution in [3.63, 3.8) is 0 Å². The van der Waals surface area contributed by atoms with Crippen molar-refractivity contribution in [3.05, 3.63) is 29.8 Å². The molecular weight excluding hydrogens is 216 g/mol. The highest BCUT2D eigenvalue weighted by Crippen LogP contribution is 2.11. The van der Waals surface area contributed by atoms with Crippen molar-refractivity contribution in [1.82, 2.24) is 0 Å². The average molecular weight is 236 g/mol. The summed E-state index contributed by atoms with van der Waals surface area (Å²) in [6.45, 7) is 2.72. The van der Waals surface area contributed by atoms with E-state index in [2.05, 4.69) is 24.4 Å². The van der Waals surface area contributed by atoms with Crippen LogP contribution in [0.4, 0.5) is 5.69 Å². The van der Waals surface area contributed by atoms with Gasteiger partial charge in [-0.15, -0.1) is 0 Å². The number of carbonyl (C=O) groups is 1. The Morgan fingerprint density at radius 3 is 2.59 bits per heavy atom. The van der Waals surface area contributed by atoms with Crippen molar-refractivity contribution in [2.45, 2.75) is 32.2 Å². The number of benzene rings is 1. The zero-order valence-corrected chi connectivity index (χ0v) is 10.1. The van der Waals surface area contributed by atoms with E-state index >= 15 is 0 Å². The van der Waals surface area contributed by atoms with Crippen molar-refractivity contribution in [2.75, 3.05) is 11.9 Å². The molecule has 0 aliphatic carbocycles. The summed E-state index contributed by atoms with van der Waals surface area (Å²) >= 11 is 0. The fourth-order valence-electron chi connectivity index (χ4n) is 1.57. The van der Waals surface area contributed by atoms with E-state index in [1.54, 1.807) is 0 Å². The maximum absolute atomic E-state index is 10.5. The molecule has 1 aromatic rings. The van der Waals surface area contributed by atoms with E-state index in [1.807, 2.05) is 12.1 Å². The SMILES string of the molecule is CCCc1ccc(NCCC(N)C(=O)O)cc1. The van der Waals surface area contributed by atoms with Gasteiger partial charge < -0.3 is 16.2 Å². The van der Waals surface area contributed by atoms with Crippen LogP contribution in [0.2, 0.25) is 0 Å².